The minimum absolute atomic E-state index is 0.0334. The van der Waals surface area contributed by atoms with Crippen LogP contribution >= 0.6 is 11.6 Å². The van der Waals surface area contributed by atoms with E-state index in [2.05, 4.69) is 5.32 Å². The number of anilines is 1. The highest BCUT2D eigenvalue weighted by molar-refractivity contribution is 6.33. The number of rotatable bonds is 3. The zero-order valence-corrected chi connectivity index (χ0v) is 9.15. The number of hydrogen-bond donors (Lipinski definition) is 2. The van der Waals surface area contributed by atoms with Crippen molar-refractivity contribution >= 4 is 23.0 Å². The van der Waals surface area contributed by atoms with Crippen molar-refractivity contribution in [2.24, 2.45) is 0 Å². The summed E-state index contributed by atoms with van der Waals surface area (Å²) >= 11 is 5.91. The topological polar surface area (TPSA) is 75.4 Å². The third kappa shape index (κ3) is 2.10. The molecule has 0 amide bonds. The lowest BCUT2D eigenvalue weighted by Gasteiger charge is -2.32. The van der Waals surface area contributed by atoms with Gasteiger partial charge in [-0.15, -0.1) is 0 Å². The van der Waals surface area contributed by atoms with E-state index in [0.29, 0.717) is 23.6 Å². The average Bonchev–Trinajstić information content (AvgIpc) is 2.18. The summed E-state index contributed by atoms with van der Waals surface area (Å²) in [5.41, 5.74) is 0.306. The van der Waals surface area contributed by atoms with Crippen LogP contribution in [0.4, 0.5) is 11.4 Å². The van der Waals surface area contributed by atoms with E-state index in [1.807, 2.05) is 0 Å². The summed E-state index contributed by atoms with van der Waals surface area (Å²) in [5.74, 6) is 0. The van der Waals surface area contributed by atoms with Gasteiger partial charge in [-0.25, -0.2) is 0 Å². The lowest BCUT2D eigenvalue weighted by Crippen LogP contribution is -2.39. The van der Waals surface area contributed by atoms with Crippen LogP contribution in [0.2, 0.25) is 5.02 Å². The summed E-state index contributed by atoms with van der Waals surface area (Å²) in [5, 5.41) is 23.2. The van der Waals surface area contributed by atoms with Crippen molar-refractivity contribution in [3.05, 3.63) is 33.3 Å². The molecule has 0 saturated heterocycles. The largest absolute Gasteiger partial charge is 0.393 e. The first-order chi connectivity index (χ1) is 7.58. The highest BCUT2D eigenvalue weighted by atomic mass is 35.5. The molecule has 1 aromatic carbocycles. The first-order valence-electron chi connectivity index (χ1n) is 4.95. The van der Waals surface area contributed by atoms with Crippen molar-refractivity contribution in [3.63, 3.8) is 0 Å². The summed E-state index contributed by atoms with van der Waals surface area (Å²) in [7, 11) is 0. The molecule has 0 bridgehead atoms. The summed E-state index contributed by atoms with van der Waals surface area (Å²) < 4.78 is 0. The zero-order chi connectivity index (χ0) is 11.7. The number of halogens is 1. The fourth-order valence-electron chi connectivity index (χ4n) is 1.72. The summed E-state index contributed by atoms with van der Waals surface area (Å²) in [6.07, 6.45) is 0.893. The number of hydrogen-bond acceptors (Lipinski definition) is 4. The van der Waals surface area contributed by atoms with Crippen molar-refractivity contribution in [1.29, 1.82) is 0 Å². The third-order valence-corrected chi connectivity index (χ3v) is 2.96. The Kier molecular flexibility index (Phi) is 2.98. The van der Waals surface area contributed by atoms with Gasteiger partial charge < -0.3 is 10.4 Å². The molecule has 1 saturated carbocycles. The van der Waals surface area contributed by atoms with Crippen molar-refractivity contribution in [1.82, 2.24) is 0 Å². The van der Waals surface area contributed by atoms with Crippen molar-refractivity contribution in [2.45, 2.75) is 25.0 Å². The highest BCUT2D eigenvalue weighted by Crippen LogP contribution is 2.35. The highest BCUT2D eigenvalue weighted by Gasteiger charge is 2.29. The lowest BCUT2D eigenvalue weighted by atomic mass is 9.89. The number of nitro benzene ring substituents is 1. The molecule has 2 N–H and O–H groups in total. The Bertz CT molecular complexity index is 419. The first kappa shape index (κ1) is 11.2. The standard InChI is InChI=1S/C10H11ClN2O3/c11-8-2-1-3-9(13(15)16)10(8)12-6-4-7(14)5-6/h1-3,6-7,12,14H,4-5H2. The Morgan fingerprint density at radius 1 is 1.50 bits per heavy atom. The molecular weight excluding hydrogens is 232 g/mol. The lowest BCUT2D eigenvalue weighted by molar-refractivity contribution is -0.384. The van der Waals surface area contributed by atoms with Gasteiger partial charge in [-0.1, -0.05) is 17.7 Å². The summed E-state index contributed by atoms with van der Waals surface area (Å²) in [6, 6.07) is 4.62. The van der Waals surface area contributed by atoms with E-state index >= 15 is 0 Å². The van der Waals surface area contributed by atoms with Crippen LogP contribution in [-0.4, -0.2) is 22.2 Å². The minimum atomic E-state index is -0.469. The second-order valence-corrected chi connectivity index (χ2v) is 4.26. The molecule has 0 heterocycles. The van der Waals surface area contributed by atoms with Crippen LogP contribution in [0.5, 0.6) is 0 Å². The number of nitro groups is 1. The van der Waals surface area contributed by atoms with Crippen molar-refractivity contribution in [2.75, 3.05) is 5.32 Å². The second-order valence-electron chi connectivity index (χ2n) is 3.86. The van der Waals surface area contributed by atoms with Gasteiger partial charge >= 0.3 is 0 Å². The minimum Gasteiger partial charge on any atom is -0.393 e. The molecule has 86 valence electrons. The van der Waals surface area contributed by atoms with Gasteiger partial charge in [0.2, 0.25) is 0 Å². The van der Waals surface area contributed by atoms with Gasteiger partial charge in [0.05, 0.1) is 16.0 Å². The molecule has 1 aliphatic rings. The Labute approximate surface area is 97.2 Å². The van der Waals surface area contributed by atoms with E-state index in [9.17, 15) is 10.1 Å². The van der Waals surface area contributed by atoms with E-state index in [1.54, 1.807) is 12.1 Å². The Balaban J connectivity index is 2.21. The van der Waals surface area contributed by atoms with Crippen LogP contribution < -0.4 is 5.32 Å². The number of nitrogens with zero attached hydrogens (tertiary/aromatic N) is 1. The maximum atomic E-state index is 10.8. The zero-order valence-electron chi connectivity index (χ0n) is 8.39. The fourth-order valence-corrected chi connectivity index (χ4v) is 1.94. The predicted molar refractivity (Wildman–Crippen MR) is 60.8 cm³/mol. The van der Waals surface area contributed by atoms with Crippen LogP contribution in [-0.2, 0) is 0 Å². The molecule has 1 aliphatic carbocycles. The van der Waals surface area contributed by atoms with E-state index in [1.165, 1.54) is 6.07 Å². The Morgan fingerprint density at radius 2 is 2.19 bits per heavy atom. The number of nitrogens with one attached hydrogen (secondary N) is 1. The van der Waals surface area contributed by atoms with Crippen LogP contribution in [0.1, 0.15) is 12.8 Å². The number of aliphatic hydroxyl groups is 1. The molecule has 0 radical (unpaired) electrons. The maximum absolute atomic E-state index is 10.8. The van der Waals surface area contributed by atoms with Crippen molar-refractivity contribution in [3.8, 4) is 0 Å². The van der Waals surface area contributed by atoms with E-state index in [0.717, 1.165) is 0 Å². The predicted octanol–water partition coefficient (Wildman–Crippen LogP) is 2.18. The second kappa shape index (κ2) is 4.27. The number of benzene rings is 1. The van der Waals surface area contributed by atoms with Crippen LogP contribution in [0, 0.1) is 10.1 Å². The smallest absolute Gasteiger partial charge is 0.293 e. The number of para-hydroxylation sites is 1. The van der Waals surface area contributed by atoms with Gasteiger partial charge in [-0.05, 0) is 18.9 Å². The first-order valence-corrected chi connectivity index (χ1v) is 5.33. The molecule has 0 unspecified atom stereocenters. The Morgan fingerprint density at radius 3 is 2.75 bits per heavy atom. The van der Waals surface area contributed by atoms with E-state index < -0.39 is 4.92 Å². The molecule has 6 heteroatoms. The van der Waals surface area contributed by atoms with E-state index in [-0.39, 0.29) is 17.8 Å². The van der Waals surface area contributed by atoms with Crippen LogP contribution in [0.15, 0.2) is 18.2 Å². The quantitative estimate of drug-likeness (QED) is 0.629. The van der Waals surface area contributed by atoms with E-state index in [4.69, 9.17) is 16.7 Å². The summed E-state index contributed by atoms with van der Waals surface area (Å²) in [6.45, 7) is 0. The normalized spacial score (nSPS) is 23.6. The molecular formula is C10H11ClN2O3. The Hall–Kier alpha value is -1.33. The van der Waals surface area contributed by atoms with Gasteiger partial charge in [0.15, 0.2) is 0 Å². The van der Waals surface area contributed by atoms with Gasteiger partial charge in [0.25, 0.3) is 5.69 Å². The average molecular weight is 243 g/mol. The monoisotopic (exact) mass is 242 g/mol. The van der Waals surface area contributed by atoms with Gasteiger partial charge in [-0.2, -0.15) is 0 Å². The molecule has 0 spiro atoms. The fraction of sp³-hybridized carbons (Fsp3) is 0.400. The molecule has 0 atom stereocenters. The molecule has 1 aromatic rings. The van der Waals surface area contributed by atoms with Gasteiger partial charge in [0.1, 0.15) is 5.69 Å². The van der Waals surface area contributed by atoms with Gasteiger partial charge in [0, 0.05) is 12.1 Å². The molecule has 0 aromatic heterocycles. The molecule has 1 fully saturated rings. The SMILES string of the molecule is O=[N+]([O-])c1cccc(Cl)c1NC1CC(O)C1. The maximum Gasteiger partial charge on any atom is 0.293 e. The molecule has 2 rings (SSSR count). The molecule has 0 aliphatic heterocycles. The van der Waals surface area contributed by atoms with Crippen LogP contribution in [0.25, 0.3) is 0 Å². The summed E-state index contributed by atoms with van der Waals surface area (Å²) in [4.78, 5) is 10.3. The molecule has 5 nitrogen and oxygen atoms in total. The van der Waals surface area contributed by atoms with Crippen molar-refractivity contribution < 1.29 is 10.0 Å². The molecule has 16 heavy (non-hydrogen) atoms. The van der Waals surface area contributed by atoms with Crippen LogP contribution in [0.3, 0.4) is 0 Å². The third-order valence-electron chi connectivity index (χ3n) is 2.65. The van der Waals surface area contributed by atoms with Gasteiger partial charge in [-0.3, -0.25) is 10.1 Å². The number of aliphatic hydroxyl groups excluding tert-OH is 1.